The van der Waals surface area contributed by atoms with Gasteiger partial charge in [-0.1, -0.05) is 5.92 Å². The van der Waals surface area contributed by atoms with Gasteiger partial charge in [0.25, 0.3) is 5.91 Å². The molecule has 0 fully saturated rings. The lowest BCUT2D eigenvalue weighted by Crippen LogP contribution is -2.22. The molecule has 0 saturated heterocycles. The van der Waals surface area contributed by atoms with Crippen LogP contribution in [0.1, 0.15) is 17.3 Å². The second-order valence-corrected chi connectivity index (χ2v) is 3.66. The Hall–Kier alpha value is -2.02. The molecule has 0 aliphatic rings. The van der Waals surface area contributed by atoms with Crippen molar-refractivity contribution in [3.8, 4) is 12.3 Å². The van der Waals surface area contributed by atoms with Gasteiger partial charge in [0.15, 0.2) is 0 Å². The number of pyridine rings is 1. The third-order valence-corrected chi connectivity index (χ3v) is 2.03. The number of hydrogen-bond acceptors (Lipinski definition) is 3. The minimum atomic E-state index is -0.0806. The maximum absolute atomic E-state index is 11.6. The zero-order valence-corrected chi connectivity index (χ0v) is 9.69. The van der Waals surface area contributed by atoms with Crippen molar-refractivity contribution in [1.82, 2.24) is 9.88 Å². The zero-order valence-electron chi connectivity index (χ0n) is 9.69. The van der Waals surface area contributed by atoms with Gasteiger partial charge in [-0.2, -0.15) is 0 Å². The summed E-state index contributed by atoms with van der Waals surface area (Å²) in [5.74, 6) is 3.14. The molecule has 0 spiro atoms. The SMILES string of the molecule is C#CC(C)Nc1ccc(C(=O)N(C)C)cn1. The molecule has 0 radical (unpaired) electrons. The van der Waals surface area contributed by atoms with Crippen molar-refractivity contribution in [2.75, 3.05) is 19.4 Å². The van der Waals surface area contributed by atoms with E-state index in [2.05, 4.69) is 16.2 Å². The van der Waals surface area contributed by atoms with E-state index in [4.69, 9.17) is 6.42 Å². The first kappa shape index (κ1) is 12.1. The maximum atomic E-state index is 11.6. The number of nitrogens with zero attached hydrogens (tertiary/aromatic N) is 2. The Morgan fingerprint density at radius 1 is 1.56 bits per heavy atom. The second-order valence-electron chi connectivity index (χ2n) is 3.66. The first-order chi connectivity index (χ1) is 7.54. The molecule has 1 atom stereocenters. The number of terminal acetylenes is 1. The summed E-state index contributed by atoms with van der Waals surface area (Å²) >= 11 is 0. The first-order valence-electron chi connectivity index (χ1n) is 4.95. The van der Waals surface area contributed by atoms with Crippen molar-refractivity contribution in [2.24, 2.45) is 0 Å². The van der Waals surface area contributed by atoms with E-state index in [0.29, 0.717) is 11.4 Å². The van der Waals surface area contributed by atoms with Crippen LogP contribution in [0.15, 0.2) is 18.3 Å². The quantitative estimate of drug-likeness (QED) is 0.774. The fraction of sp³-hybridized carbons (Fsp3) is 0.333. The lowest BCUT2D eigenvalue weighted by atomic mass is 10.2. The number of rotatable bonds is 3. The van der Waals surface area contributed by atoms with Gasteiger partial charge in [0, 0.05) is 20.3 Å². The van der Waals surface area contributed by atoms with Crippen LogP contribution in [0, 0.1) is 12.3 Å². The van der Waals surface area contributed by atoms with Crippen LogP contribution in [-0.2, 0) is 0 Å². The number of aromatic nitrogens is 1. The number of carbonyl (C=O) groups excluding carboxylic acids is 1. The average Bonchev–Trinajstić information content (AvgIpc) is 2.28. The van der Waals surface area contributed by atoms with Gasteiger partial charge in [-0.25, -0.2) is 4.98 Å². The lowest BCUT2D eigenvalue weighted by Gasteiger charge is -2.11. The molecule has 1 heterocycles. The molecule has 0 saturated carbocycles. The smallest absolute Gasteiger partial charge is 0.254 e. The van der Waals surface area contributed by atoms with E-state index in [0.717, 1.165) is 0 Å². The molecular formula is C12H15N3O. The Morgan fingerprint density at radius 3 is 2.69 bits per heavy atom. The molecule has 1 N–H and O–H groups in total. The third-order valence-electron chi connectivity index (χ3n) is 2.03. The predicted molar refractivity (Wildman–Crippen MR) is 64.2 cm³/mol. The highest BCUT2D eigenvalue weighted by Gasteiger charge is 2.08. The van der Waals surface area contributed by atoms with Crippen LogP contribution in [-0.4, -0.2) is 35.9 Å². The van der Waals surface area contributed by atoms with Crippen molar-refractivity contribution >= 4 is 11.7 Å². The average molecular weight is 217 g/mol. The molecule has 0 aliphatic heterocycles. The topological polar surface area (TPSA) is 45.2 Å². The number of hydrogen-bond donors (Lipinski definition) is 1. The van der Waals surface area contributed by atoms with Crippen molar-refractivity contribution in [3.63, 3.8) is 0 Å². The third kappa shape index (κ3) is 2.99. The van der Waals surface area contributed by atoms with Gasteiger partial charge in [-0.3, -0.25) is 4.79 Å². The summed E-state index contributed by atoms with van der Waals surface area (Å²) in [4.78, 5) is 17.2. The van der Waals surface area contributed by atoms with Crippen molar-refractivity contribution in [2.45, 2.75) is 13.0 Å². The monoisotopic (exact) mass is 217 g/mol. The number of anilines is 1. The maximum Gasteiger partial charge on any atom is 0.254 e. The number of amides is 1. The van der Waals surface area contributed by atoms with E-state index >= 15 is 0 Å². The molecule has 4 nitrogen and oxygen atoms in total. The molecule has 1 amide bonds. The van der Waals surface area contributed by atoms with E-state index < -0.39 is 0 Å². The van der Waals surface area contributed by atoms with Gasteiger partial charge in [-0.15, -0.1) is 6.42 Å². The Morgan fingerprint density at radius 2 is 2.25 bits per heavy atom. The van der Waals surface area contributed by atoms with Crippen molar-refractivity contribution in [1.29, 1.82) is 0 Å². The Kier molecular flexibility index (Phi) is 3.90. The summed E-state index contributed by atoms with van der Waals surface area (Å²) in [5.41, 5.74) is 0.559. The largest absolute Gasteiger partial charge is 0.357 e. The van der Waals surface area contributed by atoms with E-state index in [1.165, 1.54) is 11.1 Å². The van der Waals surface area contributed by atoms with Gasteiger partial charge < -0.3 is 10.2 Å². The first-order valence-corrected chi connectivity index (χ1v) is 4.95. The summed E-state index contributed by atoms with van der Waals surface area (Å²) in [6.45, 7) is 1.86. The van der Waals surface area contributed by atoms with Gasteiger partial charge in [0.05, 0.1) is 11.6 Å². The summed E-state index contributed by atoms with van der Waals surface area (Å²) in [7, 11) is 3.41. The number of carbonyl (C=O) groups is 1. The van der Waals surface area contributed by atoms with E-state index in [1.54, 1.807) is 26.2 Å². The van der Waals surface area contributed by atoms with Gasteiger partial charge in [-0.05, 0) is 19.1 Å². The van der Waals surface area contributed by atoms with E-state index in [9.17, 15) is 4.79 Å². The van der Waals surface area contributed by atoms with Crippen LogP contribution in [0.3, 0.4) is 0 Å². The standard InChI is InChI=1S/C12H15N3O/c1-5-9(2)14-11-7-6-10(8-13-11)12(16)15(3)4/h1,6-9H,2-4H3,(H,13,14). The normalized spacial score (nSPS) is 11.4. The van der Waals surface area contributed by atoms with Gasteiger partial charge in [0.1, 0.15) is 5.82 Å². The lowest BCUT2D eigenvalue weighted by molar-refractivity contribution is 0.0827. The predicted octanol–water partition coefficient (Wildman–Crippen LogP) is 1.22. The highest BCUT2D eigenvalue weighted by molar-refractivity contribution is 5.93. The number of nitrogens with one attached hydrogen (secondary N) is 1. The fourth-order valence-electron chi connectivity index (χ4n) is 1.13. The van der Waals surface area contributed by atoms with Crippen molar-refractivity contribution in [3.05, 3.63) is 23.9 Å². The molecular weight excluding hydrogens is 202 g/mol. The zero-order chi connectivity index (χ0) is 12.1. The van der Waals surface area contributed by atoms with Crippen LogP contribution < -0.4 is 5.32 Å². The van der Waals surface area contributed by atoms with Crippen LogP contribution in [0.25, 0.3) is 0 Å². The summed E-state index contributed by atoms with van der Waals surface area (Å²) < 4.78 is 0. The van der Waals surface area contributed by atoms with E-state index in [-0.39, 0.29) is 11.9 Å². The molecule has 1 aromatic rings. The molecule has 1 rings (SSSR count). The molecule has 4 heteroatoms. The minimum absolute atomic E-state index is 0.0657. The summed E-state index contributed by atoms with van der Waals surface area (Å²) in [6, 6.07) is 3.38. The molecule has 0 bridgehead atoms. The highest BCUT2D eigenvalue weighted by Crippen LogP contribution is 2.07. The Bertz CT molecular complexity index is 403. The van der Waals surface area contributed by atoms with Crippen LogP contribution >= 0.6 is 0 Å². The van der Waals surface area contributed by atoms with Gasteiger partial charge in [0.2, 0.25) is 0 Å². The molecule has 16 heavy (non-hydrogen) atoms. The summed E-state index contributed by atoms with van der Waals surface area (Å²) in [6.07, 6.45) is 6.77. The summed E-state index contributed by atoms with van der Waals surface area (Å²) in [5, 5.41) is 3.01. The minimum Gasteiger partial charge on any atom is -0.357 e. The van der Waals surface area contributed by atoms with Crippen molar-refractivity contribution < 1.29 is 4.79 Å². The fourth-order valence-corrected chi connectivity index (χ4v) is 1.13. The molecule has 0 aromatic carbocycles. The Balaban J connectivity index is 2.76. The molecule has 1 aromatic heterocycles. The molecule has 84 valence electrons. The second kappa shape index (κ2) is 5.17. The van der Waals surface area contributed by atoms with Crippen LogP contribution in [0.5, 0.6) is 0 Å². The highest BCUT2D eigenvalue weighted by atomic mass is 16.2. The molecule has 1 unspecified atom stereocenters. The van der Waals surface area contributed by atoms with Crippen LogP contribution in [0.4, 0.5) is 5.82 Å². The molecule has 0 aliphatic carbocycles. The van der Waals surface area contributed by atoms with Crippen LogP contribution in [0.2, 0.25) is 0 Å². The van der Waals surface area contributed by atoms with Gasteiger partial charge >= 0.3 is 0 Å². The Labute approximate surface area is 95.7 Å². The van der Waals surface area contributed by atoms with E-state index in [1.807, 2.05) is 6.92 Å².